The fourth-order valence-corrected chi connectivity index (χ4v) is 7.69. The van der Waals surface area contributed by atoms with Crippen LogP contribution in [-0.4, -0.2) is 35.2 Å². The van der Waals surface area contributed by atoms with E-state index in [-0.39, 0.29) is 24.3 Å². The van der Waals surface area contributed by atoms with E-state index in [1.165, 1.54) is 0 Å². The number of ketones is 2. The molecule has 1 N–H and O–H groups in total. The van der Waals surface area contributed by atoms with Crippen molar-refractivity contribution in [2.24, 2.45) is 5.92 Å². The molecule has 0 aliphatic carbocycles. The van der Waals surface area contributed by atoms with Gasteiger partial charge in [-0.25, -0.2) is 0 Å². The molecule has 8 rings (SSSR count). The number of rotatable bonds is 6. The van der Waals surface area contributed by atoms with Gasteiger partial charge in [-0.2, -0.15) is 0 Å². The van der Waals surface area contributed by atoms with Gasteiger partial charge in [0.15, 0.2) is 23.1 Å². The minimum atomic E-state index is -1.37. The zero-order valence-electron chi connectivity index (χ0n) is 24.2. The Labute approximate surface area is 255 Å². The average molecular weight is 583 g/mol. The summed E-state index contributed by atoms with van der Waals surface area (Å²) in [6.45, 7) is 2.20. The quantitative estimate of drug-likeness (QED) is 0.267. The first-order valence-electron chi connectivity index (χ1n) is 15.0. The molecule has 44 heavy (non-hydrogen) atoms. The first-order chi connectivity index (χ1) is 21.5. The molecular formula is C37H30N2O5. The molecule has 1 fully saturated rings. The van der Waals surface area contributed by atoms with Crippen molar-refractivity contribution >= 4 is 29.2 Å². The van der Waals surface area contributed by atoms with Crippen molar-refractivity contribution in [3.8, 4) is 11.5 Å². The number of fused-ring (bicyclic) bond motifs is 7. The Kier molecular flexibility index (Phi) is 5.98. The molecule has 0 radical (unpaired) electrons. The topological polar surface area (TPSA) is 84.9 Å². The number of hydrogen-bond acceptors (Lipinski definition) is 6. The molecule has 4 aromatic carbocycles. The average Bonchev–Trinajstić information content (AvgIpc) is 3.74. The van der Waals surface area contributed by atoms with E-state index in [0.717, 1.165) is 35.1 Å². The SMILES string of the molecule is CCCc1ccc(C(=O)C2C(C(=O)c3ccc4c(c3)OCO4)N3C=Cc4ccccc4C3C23C(=O)Nc2ccccc23)cc1. The van der Waals surface area contributed by atoms with Gasteiger partial charge >= 0.3 is 0 Å². The van der Waals surface area contributed by atoms with Crippen LogP contribution in [0.25, 0.3) is 6.08 Å². The van der Waals surface area contributed by atoms with Crippen LogP contribution in [0.1, 0.15) is 62.4 Å². The molecule has 1 spiro atoms. The maximum Gasteiger partial charge on any atom is 0.238 e. The molecule has 0 saturated carbocycles. The number of Topliss-reactive ketones (excluding diaryl/α,β-unsaturated/α-hetero) is 2. The van der Waals surface area contributed by atoms with E-state index < -0.39 is 23.4 Å². The zero-order chi connectivity index (χ0) is 30.0. The normalized spacial score (nSPS) is 23.7. The number of carbonyl (C=O) groups is 3. The molecule has 218 valence electrons. The number of nitrogens with zero attached hydrogens (tertiary/aromatic N) is 1. The minimum absolute atomic E-state index is 0.0827. The molecule has 0 aromatic heterocycles. The lowest BCUT2D eigenvalue weighted by Crippen LogP contribution is -2.49. The van der Waals surface area contributed by atoms with Gasteiger partial charge in [0.05, 0.1) is 12.0 Å². The molecule has 7 nitrogen and oxygen atoms in total. The first kappa shape index (κ1) is 26.5. The van der Waals surface area contributed by atoms with Crippen molar-refractivity contribution in [2.75, 3.05) is 12.1 Å². The van der Waals surface area contributed by atoms with Crippen LogP contribution in [0, 0.1) is 5.92 Å². The third kappa shape index (κ3) is 3.65. The minimum Gasteiger partial charge on any atom is -0.454 e. The van der Waals surface area contributed by atoms with Crippen LogP contribution in [0.5, 0.6) is 11.5 Å². The Morgan fingerprint density at radius 2 is 1.64 bits per heavy atom. The third-order valence-electron chi connectivity index (χ3n) is 9.56. The molecule has 4 heterocycles. The van der Waals surface area contributed by atoms with Crippen LogP contribution in [-0.2, 0) is 16.6 Å². The standard InChI is InChI=1S/C37H30N2O5/c1-2-7-22-12-14-24(15-13-22)33(40)31-32(34(41)25-16-17-29-30(20-25)44-21-43-29)39-19-18-23-8-3-4-9-26(23)35(39)37(31)27-10-5-6-11-28(27)38-36(37)42/h3-6,8-20,31-32,35H,2,7,21H2,1H3,(H,38,42). The third-order valence-corrected chi connectivity index (χ3v) is 9.56. The van der Waals surface area contributed by atoms with Gasteiger partial charge in [-0.3, -0.25) is 14.4 Å². The maximum atomic E-state index is 15.0. The highest BCUT2D eigenvalue weighted by atomic mass is 16.7. The molecule has 4 aliphatic heterocycles. The summed E-state index contributed by atoms with van der Waals surface area (Å²) >= 11 is 0. The Morgan fingerprint density at radius 3 is 2.48 bits per heavy atom. The Balaban J connectivity index is 1.37. The second-order valence-electron chi connectivity index (χ2n) is 11.8. The van der Waals surface area contributed by atoms with E-state index in [2.05, 4.69) is 12.2 Å². The number of carbonyl (C=O) groups excluding carboxylic acids is 3. The van der Waals surface area contributed by atoms with E-state index >= 15 is 0 Å². The monoisotopic (exact) mass is 582 g/mol. The maximum absolute atomic E-state index is 15.0. The van der Waals surface area contributed by atoms with Gasteiger partial charge in [0, 0.05) is 23.0 Å². The largest absolute Gasteiger partial charge is 0.454 e. The summed E-state index contributed by atoms with van der Waals surface area (Å²) in [5, 5.41) is 3.10. The second-order valence-corrected chi connectivity index (χ2v) is 11.8. The van der Waals surface area contributed by atoms with Crippen molar-refractivity contribution in [3.05, 3.63) is 131 Å². The molecule has 1 saturated heterocycles. The van der Waals surface area contributed by atoms with Crippen LogP contribution in [0.4, 0.5) is 5.69 Å². The smallest absolute Gasteiger partial charge is 0.238 e. The molecule has 7 heteroatoms. The summed E-state index contributed by atoms with van der Waals surface area (Å²) in [7, 11) is 0. The highest BCUT2D eigenvalue weighted by molar-refractivity contribution is 6.16. The molecule has 4 unspecified atom stereocenters. The van der Waals surface area contributed by atoms with Crippen LogP contribution < -0.4 is 14.8 Å². The Bertz CT molecular complexity index is 1880. The molecular weight excluding hydrogens is 552 g/mol. The number of para-hydroxylation sites is 1. The Hall–Kier alpha value is -5.17. The number of ether oxygens (including phenoxy) is 2. The number of nitrogens with one attached hydrogen (secondary N) is 1. The van der Waals surface area contributed by atoms with Gasteiger partial charge in [-0.1, -0.05) is 80.1 Å². The lowest BCUT2D eigenvalue weighted by Gasteiger charge is -2.38. The lowest BCUT2D eigenvalue weighted by molar-refractivity contribution is -0.122. The number of anilines is 1. The van der Waals surface area contributed by atoms with Crippen molar-refractivity contribution in [2.45, 2.75) is 37.3 Å². The van der Waals surface area contributed by atoms with Crippen LogP contribution in [0.2, 0.25) is 0 Å². The van der Waals surface area contributed by atoms with Gasteiger partial charge in [0.2, 0.25) is 12.7 Å². The van der Waals surface area contributed by atoms with Gasteiger partial charge in [0.25, 0.3) is 0 Å². The van der Waals surface area contributed by atoms with E-state index in [1.54, 1.807) is 18.2 Å². The van der Waals surface area contributed by atoms with Crippen molar-refractivity contribution in [3.63, 3.8) is 0 Å². The van der Waals surface area contributed by atoms with E-state index in [1.807, 2.05) is 90.0 Å². The van der Waals surface area contributed by atoms with Crippen LogP contribution in [0.15, 0.2) is 97.2 Å². The van der Waals surface area contributed by atoms with Crippen molar-refractivity contribution < 1.29 is 23.9 Å². The number of benzene rings is 4. The van der Waals surface area contributed by atoms with Crippen molar-refractivity contribution in [1.82, 2.24) is 4.90 Å². The molecule has 4 aromatic rings. The van der Waals surface area contributed by atoms with E-state index in [0.29, 0.717) is 28.3 Å². The van der Waals surface area contributed by atoms with Crippen LogP contribution in [0.3, 0.4) is 0 Å². The fraction of sp³-hybridized carbons (Fsp3) is 0.216. The summed E-state index contributed by atoms with van der Waals surface area (Å²) in [4.78, 5) is 46.3. The predicted molar refractivity (Wildman–Crippen MR) is 166 cm³/mol. The summed E-state index contributed by atoms with van der Waals surface area (Å²) in [5.41, 5.74) is 3.89. The van der Waals surface area contributed by atoms with Gasteiger partial charge in [-0.15, -0.1) is 0 Å². The van der Waals surface area contributed by atoms with Gasteiger partial charge in [0.1, 0.15) is 11.5 Å². The van der Waals surface area contributed by atoms with Gasteiger partial charge < -0.3 is 19.7 Å². The number of hydrogen-bond donors (Lipinski definition) is 1. The van der Waals surface area contributed by atoms with E-state index in [9.17, 15) is 14.4 Å². The highest BCUT2D eigenvalue weighted by Crippen LogP contribution is 2.62. The number of aryl methyl sites for hydroxylation is 1. The summed E-state index contributed by atoms with van der Waals surface area (Å²) in [6.07, 6.45) is 5.74. The first-order valence-corrected chi connectivity index (χ1v) is 15.0. The summed E-state index contributed by atoms with van der Waals surface area (Å²) in [5.74, 6) is -0.745. The van der Waals surface area contributed by atoms with E-state index in [4.69, 9.17) is 9.47 Å². The molecule has 1 amide bonds. The molecule has 0 bridgehead atoms. The fourth-order valence-electron chi connectivity index (χ4n) is 7.69. The molecule has 4 aliphatic rings. The highest BCUT2D eigenvalue weighted by Gasteiger charge is 2.70. The van der Waals surface area contributed by atoms with Crippen LogP contribution >= 0.6 is 0 Å². The summed E-state index contributed by atoms with van der Waals surface area (Å²) < 4.78 is 11.1. The van der Waals surface area contributed by atoms with Crippen molar-refractivity contribution in [1.29, 1.82) is 0 Å². The lowest BCUT2D eigenvalue weighted by atomic mass is 9.62. The zero-order valence-corrected chi connectivity index (χ0v) is 24.2. The Morgan fingerprint density at radius 1 is 0.886 bits per heavy atom. The predicted octanol–water partition coefficient (Wildman–Crippen LogP) is 6.35. The summed E-state index contributed by atoms with van der Waals surface area (Å²) in [6, 6.07) is 26.6. The molecule has 4 atom stereocenters. The second kappa shape index (κ2) is 9.95. The number of amides is 1. The van der Waals surface area contributed by atoms with Gasteiger partial charge in [-0.05, 0) is 59.0 Å².